The van der Waals surface area contributed by atoms with E-state index in [1.807, 2.05) is 0 Å². The van der Waals surface area contributed by atoms with E-state index in [1.165, 1.54) is 0 Å². The first-order valence-corrected chi connectivity index (χ1v) is 6.73. The van der Waals surface area contributed by atoms with Crippen LogP contribution in [0.25, 0.3) is 0 Å². The Bertz CT molecular complexity index is 488. The SMILES string of the molecule is CCOC(=O)CCC(=O)C(=O)OCC#CC(=O)OC(C)(C)C. The highest BCUT2D eigenvalue weighted by molar-refractivity contribution is 6.33. The van der Waals surface area contributed by atoms with Crippen LogP contribution in [0.1, 0.15) is 40.5 Å². The first kappa shape index (κ1) is 19.6. The van der Waals surface area contributed by atoms with Gasteiger partial charge in [-0.05, 0) is 33.6 Å². The number of hydrogen-bond acceptors (Lipinski definition) is 7. The number of Topliss-reactive ketones (excluding diaryl/α,β-unsaturated/α-hetero) is 1. The average Bonchev–Trinajstić information content (AvgIpc) is 2.39. The molecule has 0 rings (SSSR count). The lowest BCUT2D eigenvalue weighted by Gasteiger charge is -2.16. The Morgan fingerprint density at radius 1 is 1.00 bits per heavy atom. The Morgan fingerprint density at radius 2 is 1.64 bits per heavy atom. The zero-order chi connectivity index (χ0) is 17.2. The van der Waals surface area contributed by atoms with Gasteiger partial charge in [0, 0.05) is 12.3 Å². The molecule has 0 heterocycles. The highest BCUT2D eigenvalue weighted by atomic mass is 16.6. The minimum absolute atomic E-state index is 0.189. The van der Waals surface area contributed by atoms with Crippen molar-refractivity contribution in [3.8, 4) is 11.8 Å². The first-order chi connectivity index (χ1) is 10.2. The molecule has 0 aliphatic rings. The molecule has 0 aromatic carbocycles. The third-order valence-corrected chi connectivity index (χ3v) is 1.95. The average molecular weight is 312 g/mol. The Labute approximate surface area is 129 Å². The zero-order valence-corrected chi connectivity index (χ0v) is 13.2. The van der Waals surface area contributed by atoms with Crippen LogP contribution in [0.4, 0.5) is 0 Å². The van der Waals surface area contributed by atoms with Gasteiger partial charge in [0.2, 0.25) is 5.78 Å². The molecule has 0 amide bonds. The molecule has 0 fully saturated rings. The molecule has 0 aliphatic carbocycles. The summed E-state index contributed by atoms with van der Waals surface area (Å²) in [6.45, 7) is 6.50. The molecule has 0 saturated carbocycles. The van der Waals surface area contributed by atoms with Crippen LogP contribution < -0.4 is 0 Å². The summed E-state index contributed by atoms with van der Waals surface area (Å²) >= 11 is 0. The highest BCUT2D eigenvalue weighted by Crippen LogP contribution is 2.05. The molecule has 0 atom stereocenters. The van der Waals surface area contributed by atoms with Crippen molar-refractivity contribution in [1.82, 2.24) is 0 Å². The van der Waals surface area contributed by atoms with Gasteiger partial charge in [-0.1, -0.05) is 0 Å². The van der Waals surface area contributed by atoms with Gasteiger partial charge >= 0.3 is 17.9 Å². The number of esters is 3. The van der Waals surface area contributed by atoms with Crippen LogP contribution in [0.3, 0.4) is 0 Å². The molecule has 0 saturated heterocycles. The van der Waals surface area contributed by atoms with E-state index in [9.17, 15) is 19.2 Å². The maximum absolute atomic E-state index is 11.3. The maximum atomic E-state index is 11.3. The molecule has 0 N–H and O–H groups in total. The van der Waals surface area contributed by atoms with Crippen LogP contribution in [-0.2, 0) is 33.4 Å². The van der Waals surface area contributed by atoms with Crippen molar-refractivity contribution >= 4 is 23.7 Å². The highest BCUT2D eigenvalue weighted by Gasteiger charge is 2.17. The lowest BCUT2D eigenvalue weighted by molar-refractivity contribution is -0.154. The number of hydrogen-bond donors (Lipinski definition) is 0. The minimum Gasteiger partial charge on any atom is -0.466 e. The third kappa shape index (κ3) is 10.4. The van der Waals surface area contributed by atoms with Crippen molar-refractivity contribution in [2.45, 2.75) is 46.1 Å². The van der Waals surface area contributed by atoms with E-state index >= 15 is 0 Å². The van der Waals surface area contributed by atoms with Crippen molar-refractivity contribution < 1.29 is 33.4 Å². The molecule has 0 aromatic heterocycles. The van der Waals surface area contributed by atoms with Gasteiger partial charge in [0.05, 0.1) is 13.0 Å². The van der Waals surface area contributed by atoms with Gasteiger partial charge in [-0.15, -0.1) is 0 Å². The van der Waals surface area contributed by atoms with Gasteiger partial charge in [-0.2, -0.15) is 0 Å². The molecular formula is C15H20O7. The summed E-state index contributed by atoms with van der Waals surface area (Å²) in [5.41, 5.74) is -0.661. The molecule has 0 spiro atoms. The van der Waals surface area contributed by atoms with Crippen LogP contribution in [0.15, 0.2) is 0 Å². The summed E-state index contributed by atoms with van der Waals surface area (Å²) < 4.78 is 14.1. The van der Waals surface area contributed by atoms with Crippen molar-refractivity contribution in [2.24, 2.45) is 0 Å². The predicted molar refractivity (Wildman–Crippen MR) is 75.5 cm³/mol. The van der Waals surface area contributed by atoms with Crippen LogP contribution >= 0.6 is 0 Å². The van der Waals surface area contributed by atoms with Crippen molar-refractivity contribution in [3.05, 3.63) is 0 Å². The fourth-order valence-corrected chi connectivity index (χ4v) is 1.14. The monoisotopic (exact) mass is 312 g/mol. The maximum Gasteiger partial charge on any atom is 0.384 e. The molecule has 0 aromatic rings. The largest absolute Gasteiger partial charge is 0.466 e. The fraction of sp³-hybridized carbons (Fsp3) is 0.600. The van der Waals surface area contributed by atoms with E-state index in [1.54, 1.807) is 27.7 Å². The lowest BCUT2D eigenvalue weighted by Crippen LogP contribution is -2.23. The minimum atomic E-state index is -1.11. The molecule has 0 unspecified atom stereocenters. The number of ketones is 1. The van der Waals surface area contributed by atoms with Crippen LogP contribution in [0.2, 0.25) is 0 Å². The molecule has 7 nitrogen and oxygen atoms in total. The summed E-state index contributed by atoms with van der Waals surface area (Å²) in [5.74, 6) is 1.12. The Kier molecular flexibility index (Phi) is 8.53. The molecule has 0 aliphatic heterocycles. The summed E-state index contributed by atoms with van der Waals surface area (Å²) in [6.07, 6.45) is -0.484. The fourth-order valence-electron chi connectivity index (χ4n) is 1.14. The van der Waals surface area contributed by atoms with Gasteiger partial charge in [-0.3, -0.25) is 9.59 Å². The van der Waals surface area contributed by atoms with E-state index in [4.69, 9.17) is 4.74 Å². The smallest absolute Gasteiger partial charge is 0.384 e. The summed E-state index contributed by atoms with van der Waals surface area (Å²) in [7, 11) is 0. The number of rotatable bonds is 6. The van der Waals surface area contributed by atoms with Gasteiger partial charge in [0.25, 0.3) is 0 Å². The Balaban J connectivity index is 4.07. The second kappa shape index (κ2) is 9.55. The number of ether oxygens (including phenoxy) is 3. The van der Waals surface area contributed by atoms with Crippen molar-refractivity contribution in [1.29, 1.82) is 0 Å². The van der Waals surface area contributed by atoms with Crippen molar-refractivity contribution in [3.63, 3.8) is 0 Å². The van der Waals surface area contributed by atoms with E-state index in [0.717, 1.165) is 0 Å². The molecule has 122 valence electrons. The van der Waals surface area contributed by atoms with E-state index in [-0.39, 0.29) is 19.4 Å². The second-order valence-corrected chi connectivity index (χ2v) is 5.11. The summed E-state index contributed by atoms with van der Waals surface area (Å²) in [6, 6.07) is 0. The van der Waals surface area contributed by atoms with Crippen LogP contribution in [0, 0.1) is 11.8 Å². The molecule has 0 radical (unpaired) electrons. The zero-order valence-electron chi connectivity index (χ0n) is 13.2. The number of carbonyl (C=O) groups excluding carboxylic acids is 4. The molecule has 22 heavy (non-hydrogen) atoms. The van der Waals surface area contributed by atoms with Gasteiger partial charge in [-0.25, -0.2) is 9.59 Å². The van der Waals surface area contributed by atoms with Crippen LogP contribution in [-0.4, -0.2) is 42.5 Å². The Morgan fingerprint density at radius 3 is 2.18 bits per heavy atom. The molecule has 0 bridgehead atoms. The predicted octanol–water partition coefficient (Wildman–Crippen LogP) is 0.787. The van der Waals surface area contributed by atoms with Crippen LogP contribution in [0.5, 0.6) is 0 Å². The summed E-state index contributed by atoms with van der Waals surface area (Å²) in [5, 5.41) is 0. The van der Waals surface area contributed by atoms with Crippen molar-refractivity contribution in [2.75, 3.05) is 13.2 Å². The van der Waals surface area contributed by atoms with Gasteiger partial charge in [0.1, 0.15) is 5.60 Å². The van der Waals surface area contributed by atoms with Gasteiger partial charge in [0.15, 0.2) is 6.61 Å². The first-order valence-electron chi connectivity index (χ1n) is 6.73. The third-order valence-electron chi connectivity index (χ3n) is 1.95. The molecular weight excluding hydrogens is 292 g/mol. The standard InChI is InChI=1S/C15H20O7/c1-5-20-12(17)9-8-11(16)14(19)21-10-6-7-13(18)22-15(2,3)4/h5,8-10H2,1-4H3. The van der Waals surface area contributed by atoms with E-state index < -0.39 is 35.9 Å². The lowest BCUT2D eigenvalue weighted by atomic mass is 10.2. The van der Waals surface area contributed by atoms with E-state index in [0.29, 0.717) is 0 Å². The Hall–Kier alpha value is -2.36. The summed E-state index contributed by atoms with van der Waals surface area (Å²) in [4.78, 5) is 44.9. The second-order valence-electron chi connectivity index (χ2n) is 5.11. The number of carbonyl (C=O) groups is 4. The topological polar surface area (TPSA) is 96.0 Å². The normalized spacial score (nSPS) is 10.0. The van der Waals surface area contributed by atoms with Gasteiger partial charge < -0.3 is 14.2 Å². The van der Waals surface area contributed by atoms with E-state index in [2.05, 4.69) is 21.3 Å². The molecule has 7 heteroatoms. The quantitative estimate of drug-likeness (QED) is 0.235.